The number of nitrogens with zero attached hydrogens (tertiary/aromatic N) is 1. The fourth-order valence-corrected chi connectivity index (χ4v) is 13.5. The predicted molar refractivity (Wildman–Crippen MR) is 401 cm³/mol. The van der Waals surface area contributed by atoms with Crippen LogP contribution >= 0.6 is 0 Å². The molecule has 0 aliphatic heterocycles. The minimum Gasteiger partial charge on any atom is -0.497 e. The summed E-state index contributed by atoms with van der Waals surface area (Å²) < 4.78 is 156. The zero-order valence-electron chi connectivity index (χ0n) is 60.9. The van der Waals surface area contributed by atoms with Crippen molar-refractivity contribution >= 4 is 59.3 Å². The van der Waals surface area contributed by atoms with Crippen LogP contribution in [-0.4, -0.2) is 106 Å². The molecule has 22 nitrogen and oxygen atoms in total. The van der Waals surface area contributed by atoms with E-state index in [-0.39, 0.29) is 50.5 Å². The maximum atomic E-state index is 13.4. The van der Waals surface area contributed by atoms with Crippen molar-refractivity contribution in [1.29, 1.82) is 0 Å². The molecule has 0 aromatic heterocycles. The number of nitrogens with two attached hydrogens (primary N) is 1. The number of sulfone groups is 1. The Balaban J connectivity index is 0.000000222. The number of hydrogen-bond acceptors (Lipinski definition) is 17. The molecule has 9 aromatic carbocycles. The van der Waals surface area contributed by atoms with Gasteiger partial charge < -0.3 is 49.7 Å². The SMILES string of the molecule is COc1ccc(-c2cccc(Oc3ccc(C(=O)N(C)C)cc3S(=O)(=O)NC(=O)NC(C)(C)C)c2)cc1.COc1ccc(-c2cccc(Oc3ccc(C(F)(F)F)cc3S(=O)(=O)CC(=O)CC(C)(C)C)c2)cc1.COc1ccc(-c2cccc(Oc3ccc(N)cc3S(=O)(=O)NC(=O)NC(C)(C)C)c2)cc1. The van der Waals surface area contributed by atoms with Gasteiger partial charge >= 0.3 is 18.2 Å². The Morgan fingerprint density at radius 3 is 1.13 bits per heavy atom. The highest BCUT2D eigenvalue weighted by molar-refractivity contribution is 7.92. The lowest BCUT2D eigenvalue weighted by Gasteiger charge is -2.21. The van der Waals surface area contributed by atoms with Gasteiger partial charge in [0, 0.05) is 42.8 Å². The number of nitrogens with one attached hydrogen (secondary N) is 4. The number of amides is 5. The molecular formula is C78H85F3N6O16S3. The normalized spacial score (nSPS) is 11.7. The number of alkyl halides is 3. The third-order valence-corrected chi connectivity index (χ3v) is 19.1. The van der Waals surface area contributed by atoms with Gasteiger partial charge in [0.25, 0.3) is 26.0 Å². The zero-order chi connectivity index (χ0) is 78.3. The minimum atomic E-state index is -4.77. The predicted octanol–water partition coefficient (Wildman–Crippen LogP) is 16.1. The quantitative estimate of drug-likeness (QED) is 0.0418. The molecule has 0 aliphatic rings. The van der Waals surface area contributed by atoms with Crippen molar-refractivity contribution in [3.63, 3.8) is 0 Å². The number of sulfonamides is 2. The number of methoxy groups -OCH3 is 3. The number of nitrogen functional groups attached to an aromatic ring is 1. The fourth-order valence-electron chi connectivity index (χ4n) is 9.99. The highest BCUT2D eigenvalue weighted by atomic mass is 32.2. The lowest BCUT2D eigenvalue weighted by Crippen LogP contribution is -2.48. The number of carbonyl (C=O) groups is 4. The Bertz CT molecular complexity index is 4980. The molecule has 0 bridgehead atoms. The van der Waals surface area contributed by atoms with Gasteiger partial charge in [-0.15, -0.1) is 0 Å². The summed E-state index contributed by atoms with van der Waals surface area (Å²) in [7, 11) is -5.23. The molecule has 6 N–H and O–H groups in total. The van der Waals surface area contributed by atoms with Crippen molar-refractivity contribution in [2.24, 2.45) is 5.41 Å². The average molecular weight is 1520 g/mol. The van der Waals surface area contributed by atoms with Crippen molar-refractivity contribution in [3.05, 3.63) is 211 Å². The summed E-state index contributed by atoms with van der Waals surface area (Å²) in [6.07, 6.45) is -4.81. The van der Waals surface area contributed by atoms with Crippen LogP contribution in [0.25, 0.3) is 33.4 Å². The van der Waals surface area contributed by atoms with Gasteiger partial charge in [0.15, 0.2) is 9.84 Å². The molecule has 562 valence electrons. The lowest BCUT2D eigenvalue weighted by atomic mass is 9.90. The third kappa shape index (κ3) is 24.2. The number of Topliss-reactive ketones (excluding diaryl/α,β-unsaturated/α-hetero) is 1. The van der Waals surface area contributed by atoms with Gasteiger partial charge in [0.2, 0.25) is 0 Å². The summed E-state index contributed by atoms with van der Waals surface area (Å²) in [5, 5.41) is 5.10. The van der Waals surface area contributed by atoms with Crippen molar-refractivity contribution in [3.8, 4) is 85.1 Å². The van der Waals surface area contributed by atoms with Crippen LogP contribution in [0, 0.1) is 5.41 Å². The highest BCUT2D eigenvalue weighted by Gasteiger charge is 2.35. The average Bonchev–Trinajstić information content (AvgIpc) is 0.793. The number of carbonyl (C=O) groups excluding carboxylic acids is 4. The molecule has 0 aliphatic carbocycles. The van der Waals surface area contributed by atoms with Gasteiger partial charge in [-0.05, 0) is 208 Å². The Kier molecular flexibility index (Phi) is 26.5. The first-order valence-corrected chi connectivity index (χ1v) is 37.2. The summed E-state index contributed by atoms with van der Waals surface area (Å²) in [6.45, 7) is 15.7. The lowest BCUT2D eigenvalue weighted by molar-refractivity contribution is -0.137. The summed E-state index contributed by atoms with van der Waals surface area (Å²) in [6, 6.07) is 52.0. The van der Waals surface area contributed by atoms with Crippen LogP contribution in [0.3, 0.4) is 0 Å². The van der Waals surface area contributed by atoms with E-state index in [0.29, 0.717) is 23.3 Å². The van der Waals surface area contributed by atoms with E-state index >= 15 is 0 Å². The topological polar surface area (TPSA) is 303 Å². The zero-order valence-corrected chi connectivity index (χ0v) is 63.3. The number of halogens is 3. The molecule has 0 radical (unpaired) electrons. The van der Waals surface area contributed by atoms with Crippen LogP contribution in [-0.2, 0) is 40.9 Å². The molecule has 0 fully saturated rings. The van der Waals surface area contributed by atoms with Gasteiger partial charge in [0.1, 0.15) is 78.0 Å². The molecule has 9 aromatic rings. The number of anilines is 1. The van der Waals surface area contributed by atoms with Crippen molar-refractivity contribution in [1.82, 2.24) is 25.0 Å². The van der Waals surface area contributed by atoms with Crippen LogP contribution in [0.2, 0.25) is 0 Å². The van der Waals surface area contributed by atoms with Gasteiger partial charge in [-0.1, -0.05) is 93.6 Å². The van der Waals surface area contributed by atoms with Crippen LogP contribution in [0.1, 0.15) is 84.7 Å². The van der Waals surface area contributed by atoms with E-state index in [0.717, 1.165) is 57.0 Å². The number of ketones is 1. The molecule has 9 rings (SSSR count). The van der Waals surface area contributed by atoms with E-state index in [9.17, 15) is 57.6 Å². The Hall–Kier alpha value is -11.1. The minimum absolute atomic E-state index is 0.0344. The first-order chi connectivity index (χ1) is 49.4. The van der Waals surface area contributed by atoms with Crippen molar-refractivity contribution in [2.45, 2.75) is 101 Å². The van der Waals surface area contributed by atoms with E-state index in [1.165, 1.54) is 41.3 Å². The molecule has 106 heavy (non-hydrogen) atoms. The van der Waals surface area contributed by atoms with E-state index in [1.54, 1.807) is 164 Å². The molecule has 0 atom stereocenters. The second kappa shape index (κ2) is 34.2. The summed E-state index contributed by atoms with van der Waals surface area (Å²) in [4.78, 5) is 49.5. The maximum Gasteiger partial charge on any atom is 0.416 e. The molecular weight excluding hydrogens is 1430 g/mol. The summed E-state index contributed by atoms with van der Waals surface area (Å²) >= 11 is 0. The molecule has 28 heteroatoms. The van der Waals surface area contributed by atoms with Gasteiger partial charge in [-0.2, -0.15) is 13.2 Å². The Morgan fingerprint density at radius 1 is 0.425 bits per heavy atom. The number of benzene rings is 9. The van der Waals surface area contributed by atoms with Crippen molar-refractivity contribution < 1.29 is 86.0 Å². The molecule has 5 amide bonds. The monoisotopic (exact) mass is 1510 g/mol. The van der Waals surface area contributed by atoms with Crippen LogP contribution < -0.4 is 54.2 Å². The van der Waals surface area contributed by atoms with E-state index in [4.69, 9.17) is 34.2 Å². The first-order valence-electron chi connectivity index (χ1n) is 32.6. The Morgan fingerprint density at radius 2 is 0.783 bits per heavy atom. The smallest absolute Gasteiger partial charge is 0.416 e. The highest BCUT2D eigenvalue weighted by Crippen LogP contribution is 2.40. The number of urea groups is 2. The van der Waals surface area contributed by atoms with Crippen LogP contribution in [0.4, 0.5) is 28.4 Å². The molecule has 0 unspecified atom stereocenters. The number of ether oxygens (including phenoxy) is 6. The maximum absolute atomic E-state index is 13.4. The van der Waals surface area contributed by atoms with Crippen LogP contribution in [0.15, 0.2) is 215 Å². The van der Waals surface area contributed by atoms with Gasteiger partial charge in [-0.3, -0.25) is 9.59 Å². The molecule has 0 spiro atoms. The van der Waals surface area contributed by atoms with E-state index in [2.05, 4.69) is 10.6 Å². The second-order valence-corrected chi connectivity index (χ2v) is 32.7. The molecule has 0 saturated heterocycles. The largest absolute Gasteiger partial charge is 0.497 e. The van der Waals surface area contributed by atoms with Gasteiger partial charge in [0.05, 0.1) is 26.9 Å². The molecule has 0 heterocycles. The fraction of sp³-hybridized carbons (Fsp3) is 0.256. The van der Waals surface area contributed by atoms with Gasteiger partial charge in [-0.25, -0.2) is 44.3 Å². The van der Waals surface area contributed by atoms with E-state index < -0.39 is 92.5 Å². The summed E-state index contributed by atoms with van der Waals surface area (Å²) in [5.41, 5.74) is 8.39. The molecule has 0 saturated carbocycles. The second-order valence-electron chi connectivity index (χ2n) is 27.5. The first kappa shape index (κ1) is 82.2. The third-order valence-electron chi connectivity index (χ3n) is 14.7. The van der Waals surface area contributed by atoms with E-state index in [1.807, 2.05) is 88.3 Å². The van der Waals surface area contributed by atoms with Crippen molar-refractivity contribution in [2.75, 3.05) is 46.9 Å². The number of hydrogen-bond donors (Lipinski definition) is 5. The van der Waals surface area contributed by atoms with Crippen LogP contribution in [0.5, 0.6) is 51.7 Å². The number of rotatable bonds is 21. The standard InChI is InChI=1S/C27H27F3O5S.C27H31N3O6S.C24H27N3O5S/c1-26(2,3)16-21(31)17-36(32,33)25-15-20(27(28,29)30)10-13-24(25)35-23-7-5-6-19(14-23)18-8-11-22(34-4)12-9-18;1-27(2,3)28-26(32)29-37(33,34)24-17-20(25(31)30(4)5)12-15-23(24)36-22-9-7-8-19(16-22)18-10-13-21(35-6)14-11-18;1-24(2,3)26-23(28)27-33(29,30)22-15-18(25)10-13-21(22)32-20-7-5-6-17(14-20)16-8-11-19(31-4)12-9-16/h5-15H,16-17H2,1-4H3;7-17H,1-6H3,(H2,28,29,32);5-15H,25H2,1-4H3,(H2,26,27,28). The Labute approximate surface area is 616 Å². The summed E-state index contributed by atoms with van der Waals surface area (Å²) in [5.74, 6) is 0.937.